The number of carbonyl (C=O) groups is 1. The first kappa shape index (κ1) is 19.6. The number of rotatable bonds is 4. The van der Waals surface area contributed by atoms with Gasteiger partial charge in [-0.1, -0.05) is 35.1 Å². The molecule has 0 radical (unpaired) electrons. The van der Waals surface area contributed by atoms with E-state index < -0.39 is 17.6 Å². The molecule has 1 amide bonds. The first-order valence-electron chi connectivity index (χ1n) is 7.84. The van der Waals surface area contributed by atoms with Crippen LogP contribution in [0.25, 0.3) is 10.2 Å². The number of alkyl halides is 3. The Balaban J connectivity index is 2.10. The van der Waals surface area contributed by atoms with Gasteiger partial charge in [-0.2, -0.15) is 18.2 Å². The second-order valence-electron chi connectivity index (χ2n) is 5.61. The van der Waals surface area contributed by atoms with Crippen LogP contribution in [-0.2, 0) is 17.5 Å². The molecule has 0 saturated heterocycles. The number of carbonyl (C=O) groups excluding carboxylic acids is 1. The van der Waals surface area contributed by atoms with Gasteiger partial charge in [-0.3, -0.25) is 4.79 Å². The van der Waals surface area contributed by atoms with Gasteiger partial charge >= 0.3 is 6.18 Å². The molecule has 0 N–H and O–H groups in total. The number of benzene rings is 2. The summed E-state index contributed by atoms with van der Waals surface area (Å²) in [4.78, 5) is 16.9. The zero-order valence-electron chi connectivity index (χ0n) is 14.1. The summed E-state index contributed by atoms with van der Waals surface area (Å²) in [5.74, 6) is -0.755. The van der Waals surface area contributed by atoms with Crippen molar-refractivity contribution in [1.29, 1.82) is 0 Å². The van der Waals surface area contributed by atoms with Gasteiger partial charge in [0.05, 0.1) is 27.4 Å². The van der Waals surface area contributed by atoms with Crippen LogP contribution in [0.2, 0.25) is 5.02 Å². The number of fused-ring (bicyclic) bond motifs is 1. The number of thiazole rings is 1. The van der Waals surface area contributed by atoms with Gasteiger partial charge in [0.1, 0.15) is 0 Å². The van der Waals surface area contributed by atoms with Crippen molar-refractivity contribution in [3.05, 3.63) is 63.4 Å². The first-order chi connectivity index (χ1) is 12.8. The summed E-state index contributed by atoms with van der Waals surface area (Å²) < 4.78 is 46.3. The maximum absolute atomic E-state index is 12.9. The molecule has 4 nitrogen and oxygen atoms in total. The Labute approximate surface area is 161 Å². The number of para-hydroxylation sites is 1. The summed E-state index contributed by atoms with van der Waals surface area (Å²) in [6, 6.07) is 9.54. The third-order valence-corrected chi connectivity index (χ3v) is 5.15. The highest BCUT2D eigenvalue weighted by atomic mass is 35.5. The van der Waals surface area contributed by atoms with E-state index in [9.17, 15) is 18.0 Å². The topological polar surface area (TPSA) is 43.6 Å². The molecular weight excluding hydrogens is 401 g/mol. The third kappa shape index (κ3) is 4.23. The Hall–Kier alpha value is -2.16. The third-order valence-electron chi connectivity index (χ3n) is 3.80. The van der Waals surface area contributed by atoms with E-state index in [2.05, 4.69) is 4.99 Å². The Morgan fingerprint density at radius 3 is 2.70 bits per heavy atom. The average molecular weight is 415 g/mol. The molecule has 3 rings (SSSR count). The van der Waals surface area contributed by atoms with Gasteiger partial charge in [-0.05, 0) is 30.3 Å². The highest BCUT2D eigenvalue weighted by Gasteiger charge is 2.30. The van der Waals surface area contributed by atoms with Crippen molar-refractivity contribution in [3.8, 4) is 0 Å². The van der Waals surface area contributed by atoms with E-state index in [-0.39, 0.29) is 5.56 Å². The molecule has 3 aromatic rings. The average Bonchev–Trinajstić information content (AvgIpc) is 2.97. The summed E-state index contributed by atoms with van der Waals surface area (Å²) in [7, 11) is 1.54. The maximum atomic E-state index is 12.9. The molecule has 9 heteroatoms. The van der Waals surface area contributed by atoms with Crippen LogP contribution in [0.15, 0.2) is 47.5 Å². The monoisotopic (exact) mass is 414 g/mol. The largest absolute Gasteiger partial charge is 0.416 e. The van der Waals surface area contributed by atoms with Crippen LogP contribution >= 0.6 is 22.9 Å². The Morgan fingerprint density at radius 2 is 2.00 bits per heavy atom. The van der Waals surface area contributed by atoms with E-state index in [0.29, 0.717) is 28.5 Å². The van der Waals surface area contributed by atoms with E-state index in [4.69, 9.17) is 16.3 Å². The predicted molar refractivity (Wildman–Crippen MR) is 98.0 cm³/mol. The lowest BCUT2D eigenvalue weighted by atomic mass is 10.1. The van der Waals surface area contributed by atoms with Crippen molar-refractivity contribution in [1.82, 2.24) is 4.57 Å². The lowest BCUT2D eigenvalue weighted by Gasteiger charge is -2.07. The minimum atomic E-state index is -4.53. The molecule has 0 atom stereocenters. The molecule has 0 aliphatic rings. The van der Waals surface area contributed by atoms with Crippen molar-refractivity contribution in [3.63, 3.8) is 0 Å². The Kier molecular flexibility index (Phi) is 5.69. The van der Waals surface area contributed by atoms with Gasteiger partial charge in [-0.15, -0.1) is 0 Å². The second-order valence-corrected chi connectivity index (χ2v) is 7.03. The molecule has 0 saturated carbocycles. The highest BCUT2D eigenvalue weighted by molar-refractivity contribution is 7.16. The fraction of sp³-hybridized carbons (Fsp3) is 0.222. The maximum Gasteiger partial charge on any atom is 0.416 e. The number of amides is 1. The van der Waals surface area contributed by atoms with E-state index in [1.165, 1.54) is 23.5 Å². The molecule has 0 spiro atoms. The summed E-state index contributed by atoms with van der Waals surface area (Å²) in [5, 5.41) is 0.493. The number of hydrogen-bond donors (Lipinski definition) is 0. The molecule has 0 bridgehead atoms. The number of halogens is 4. The van der Waals surface area contributed by atoms with Gasteiger partial charge in [0.15, 0.2) is 4.80 Å². The smallest absolute Gasteiger partial charge is 0.383 e. The molecule has 0 aliphatic carbocycles. The van der Waals surface area contributed by atoms with Crippen LogP contribution in [0.4, 0.5) is 13.2 Å². The van der Waals surface area contributed by atoms with Gasteiger partial charge < -0.3 is 9.30 Å². The van der Waals surface area contributed by atoms with Gasteiger partial charge in [-0.25, -0.2) is 0 Å². The highest BCUT2D eigenvalue weighted by Crippen LogP contribution is 2.30. The number of ether oxygens (including phenoxy) is 1. The number of methoxy groups -OCH3 is 1. The van der Waals surface area contributed by atoms with Crippen molar-refractivity contribution in [2.75, 3.05) is 13.7 Å². The minimum absolute atomic E-state index is 0.133. The van der Waals surface area contributed by atoms with Crippen LogP contribution < -0.4 is 4.80 Å². The fourth-order valence-electron chi connectivity index (χ4n) is 2.54. The van der Waals surface area contributed by atoms with Crippen molar-refractivity contribution in [2.45, 2.75) is 12.7 Å². The number of hydrogen-bond acceptors (Lipinski definition) is 3. The van der Waals surface area contributed by atoms with Crippen molar-refractivity contribution in [2.24, 2.45) is 4.99 Å². The first-order valence-corrected chi connectivity index (χ1v) is 9.04. The lowest BCUT2D eigenvalue weighted by Crippen LogP contribution is -2.19. The lowest BCUT2D eigenvalue weighted by molar-refractivity contribution is -0.137. The summed E-state index contributed by atoms with van der Waals surface area (Å²) in [5.41, 5.74) is -0.321. The fourth-order valence-corrected chi connectivity index (χ4v) is 3.96. The Bertz CT molecular complexity index is 1060. The molecule has 142 valence electrons. The van der Waals surface area contributed by atoms with Crippen molar-refractivity contribution >= 4 is 39.1 Å². The van der Waals surface area contributed by atoms with E-state index in [1.807, 2.05) is 6.07 Å². The van der Waals surface area contributed by atoms with E-state index in [0.717, 1.165) is 16.8 Å². The number of nitrogens with zero attached hydrogens (tertiary/aromatic N) is 2. The molecule has 0 aliphatic heterocycles. The quantitative estimate of drug-likeness (QED) is 0.617. The SMILES string of the molecule is COCCn1c(=NC(=O)c2cccc(C(F)(F)F)c2)sc2cccc(Cl)c21. The molecular formula is C18H14ClF3N2O2S. The standard InChI is InChI=1S/C18H14ClF3N2O2S/c1-26-9-8-24-15-13(19)6-3-7-14(15)27-17(24)23-16(25)11-4-2-5-12(10-11)18(20,21)22/h2-7,10H,8-9H2,1H3. The zero-order chi connectivity index (χ0) is 19.6. The molecule has 2 aromatic carbocycles. The van der Waals surface area contributed by atoms with Crippen LogP contribution in [-0.4, -0.2) is 24.2 Å². The van der Waals surface area contributed by atoms with Gasteiger partial charge in [0, 0.05) is 19.2 Å². The summed E-state index contributed by atoms with van der Waals surface area (Å²) in [6.45, 7) is 0.761. The summed E-state index contributed by atoms with van der Waals surface area (Å²) in [6.07, 6.45) is -4.53. The van der Waals surface area contributed by atoms with Gasteiger partial charge in [0.2, 0.25) is 0 Å². The number of aromatic nitrogens is 1. The van der Waals surface area contributed by atoms with Crippen molar-refractivity contribution < 1.29 is 22.7 Å². The van der Waals surface area contributed by atoms with Crippen LogP contribution in [0, 0.1) is 0 Å². The Morgan fingerprint density at radius 1 is 1.26 bits per heavy atom. The summed E-state index contributed by atoms with van der Waals surface area (Å²) >= 11 is 7.51. The van der Waals surface area contributed by atoms with Crippen LogP contribution in [0.1, 0.15) is 15.9 Å². The van der Waals surface area contributed by atoms with E-state index in [1.54, 1.807) is 23.8 Å². The molecule has 1 heterocycles. The molecule has 27 heavy (non-hydrogen) atoms. The molecule has 0 fully saturated rings. The van der Waals surface area contributed by atoms with E-state index >= 15 is 0 Å². The van der Waals surface area contributed by atoms with Gasteiger partial charge in [0.25, 0.3) is 5.91 Å². The van der Waals surface area contributed by atoms with Crippen LogP contribution in [0.3, 0.4) is 0 Å². The normalized spacial score (nSPS) is 12.7. The molecule has 1 aromatic heterocycles. The van der Waals surface area contributed by atoms with Crippen LogP contribution in [0.5, 0.6) is 0 Å². The second kappa shape index (κ2) is 7.84. The predicted octanol–water partition coefficient (Wildman–Crippen LogP) is 4.76. The zero-order valence-corrected chi connectivity index (χ0v) is 15.7. The minimum Gasteiger partial charge on any atom is -0.383 e. The molecule has 0 unspecified atom stereocenters.